The van der Waals surface area contributed by atoms with E-state index in [-0.39, 0.29) is 84.3 Å². The molecule has 1 atom stereocenters. The number of esters is 2. The van der Waals surface area contributed by atoms with E-state index in [2.05, 4.69) is 9.97 Å². The summed E-state index contributed by atoms with van der Waals surface area (Å²) in [5, 5.41) is 2.50. The highest BCUT2D eigenvalue weighted by Gasteiger charge is 2.40. The molecule has 1 aliphatic carbocycles. The highest BCUT2D eigenvalue weighted by atomic mass is 32.2. The molecule has 0 saturated heterocycles. The smallest absolute Gasteiger partial charge is 0.407 e. The van der Waals surface area contributed by atoms with Gasteiger partial charge in [-0.25, -0.2) is 4.79 Å². The lowest BCUT2D eigenvalue weighted by molar-refractivity contribution is -0.160. The summed E-state index contributed by atoms with van der Waals surface area (Å²) in [6.45, 7) is 14.7. The minimum Gasteiger partial charge on any atom is -0.543 e. The number of thioether (sulfide) groups is 1. The zero-order chi connectivity index (χ0) is 37.4. The summed E-state index contributed by atoms with van der Waals surface area (Å²) >= 11 is 1.10. The number of hydrogen-bond donors (Lipinski definition) is 1. The summed E-state index contributed by atoms with van der Waals surface area (Å²) < 4.78 is 30.4. The van der Waals surface area contributed by atoms with E-state index in [4.69, 9.17) is 31.7 Å². The van der Waals surface area contributed by atoms with Gasteiger partial charge >= 0.3 is 26.1 Å². The third-order valence-corrected chi connectivity index (χ3v) is 9.56. The quantitative estimate of drug-likeness (QED) is 0.0559. The van der Waals surface area contributed by atoms with Crippen molar-refractivity contribution in [3.05, 3.63) is 21.6 Å². The predicted octanol–water partition coefficient (Wildman–Crippen LogP) is 4.20. The third-order valence-electron chi connectivity index (χ3n) is 8.41. The molecule has 0 aromatic heterocycles. The summed E-state index contributed by atoms with van der Waals surface area (Å²) in [6.07, 6.45) is 0.413. The number of carbonyl (C=O) groups excluding carboxylic acids is 6. The number of ether oxygens (including phenoxy) is 5. The Labute approximate surface area is 295 Å². The van der Waals surface area contributed by atoms with Gasteiger partial charge in [-0.05, 0) is 53.9 Å². The van der Waals surface area contributed by atoms with Crippen molar-refractivity contribution >= 4 is 55.4 Å². The van der Waals surface area contributed by atoms with Crippen LogP contribution in [0.3, 0.4) is 0 Å². The zero-order valence-corrected chi connectivity index (χ0v) is 31.2. The highest BCUT2D eigenvalue weighted by molar-refractivity contribution is 8.04. The Morgan fingerprint density at radius 2 is 1.43 bits per heavy atom. The molecule has 0 fully saturated rings. The maximum atomic E-state index is 13.2. The van der Waals surface area contributed by atoms with Gasteiger partial charge in [0, 0.05) is 35.0 Å². The standard InChI is InChI=1S/C34H52BNO12S/c1-10-34(8,30(41)46-18-17-44-16-15-43-9)12-11-32(4,5)29(40)45-14-13-36-31(42)47-19-20-49-28-23(3)26(38)25(22(2)27(28)39)33(6,7)21-24(37)48-35/h10-21H2,1-9H3,(H,36,42). The van der Waals surface area contributed by atoms with Gasteiger partial charge in [-0.15, -0.1) is 11.8 Å². The number of amides is 1. The van der Waals surface area contributed by atoms with Gasteiger partial charge in [0.15, 0.2) is 11.6 Å². The Hall–Kier alpha value is -3.17. The van der Waals surface area contributed by atoms with Crippen molar-refractivity contribution in [1.82, 2.24) is 5.32 Å². The molecule has 0 bridgehead atoms. The zero-order valence-electron chi connectivity index (χ0n) is 30.4. The summed E-state index contributed by atoms with van der Waals surface area (Å²) in [4.78, 5) is 76.0. The van der Waals surface area contributed by atoms with E-state index < -0.39 is 34.3 Å². The first-order valence-corrected chi connectivity index (χ1v) is 17.2. The van der Waals surface area contributed by atoms with E-state index in [1.165, 1.54) is 0 Å². The van der Waals surface area contributed by atoms with Crippen LogP contribution in [-0.2, 0) is 52.3 Å². The van der Waals surface area contributed by atoms with Crippen LogP contribution < -0.4 is 5.32 Å². The lowest BCUT2D eigenvalue weighted by Gasteiger charge is -2.31. The van der Waals surface area contributed by atoms with Gasteiger partial charge in [0.2, 0.25) is 0 Å². The summed E-state index contributed by atoms with van der Waals surface area (Å²) in [5.74, 6) is -1.99. The number of hydrogen-bond acceptors (Lipinski definition) is 13. The van der Waals surface area contributed by atoms with E-state index in [0.29, 0.717) is 32.5 Å². The van der Waals surface area contributed by atoms with E-state index in [9.17, 15) is 28.8 Å². The molecular formula is C34H52BNO12S. The monoisotopic (exact) mass is 709 g/mol. The fourth-order valence-electron chi connectivity index (χ4n) is 4.94. The minimum atomic E-state index is -0.969. The van der Waals surface area contributed by atoms with Crippen LogP contribution in [-0.4, -0.2) is 103 Å². The first-order valence-electron chi connectivity index (χ1n) is 16.2. The molecule has 2 radical (unpaired) electrons. The average Bonchev–Trinajstić information content (AvgIpc) is 3.05. The molecule has 13 nitrogen and oxygen atoms in total. The molecule has 1 aliphatic rings. The van der Waals surface area contributed by atoms with E-state index in [1.807, 2.05) is 13.8 Å². The fourth-order valence-corrected chi connectivity index (χ4v) is 5.91. The number of rotatable bonds is 22. The Bertz CT molecular complexity index is 1280. The molecule has 274 valence electrons. The second-order valence-corrected chi connectivity index (χ2v) is 14.4. The Kier molecular flexibility index (Phi) is 18.3. The molecule has 49 heavy (non-hydrogen) atoms. The van der Waals surface area contributed by atoms with Gasteiger partial charge in [0.1, 0.15) is 19.8 Å². The lowest BCUT2D eigenvalue weighted by atomic mass is 9.72. The molecule has 0 saturated carbocycles. The molecule has 0 aromatic carbocycles. The molecule has 0 aliphatic heterocycles. The molecular weight excluding hydrogens is 657 g/mol. The van der Waals surface area contributed by atoms with Gasteiger partial charge in [-0.2, -0.15) is 0 Å². The van der Waals surface area contributed by atoms with Gasteiger partial charge in [-0.3, -0.25) is 24.0 Å². The number of carbonyl (C=O) groups is 6. The number of nitrogens with one attached hydrogen (secondary N) is 1. The van der Waals surface area contributed by atoms with Crippen molar-refractivity contribution in [2.75, 3.05) is 59.0 Å². The fraction of sp³-hybridized carbons (Fsp3) is 0.706. The SMILES string of the molecule is [B]OC(=O)CC(C)(C)C1=C(C)C(=O)C(SCCOC(=O)NCCOC(=O)C(C)(C)CCC(C)(CC)C(=O)OCCOCCOC)=C(C)C1=O. The van der Waals surface area contributed by atoms with Crippen molar-refractivity contribution in [1.29, 1.82) is 0 Å². The third kappa shape index (κ3) is 13.6. The molecule has 0 spiro atoms. The summed E-state index contributed by atoms with van der Waals surface area (Å²) in [6, 6.07) is 0. The first-order chi connectivity index (χ1) is 22.9. The van der Waals surface area contributed by atoms with Crippen molar-refractivity contribution in [2.45, 2.75) is 81.1 Å². The topological polar surface area (TPSA) is 170 Å². The number of ketones is 2. The first kappa shape index (κ1) is 43.9. The molecule has 1 amide bonds. The van der Waals surface area contributed by atoms with Crippen LogP contribution in [0.4, 0.5) is 4.79 Å². The molecule has 1 N–H and O–H groups in total. The van der Waals surface area contributed by atoms with Crippen molar-refractivity contribution in [3.63, 3.8) is 0 Å². The Balaban J connectivity index is 2.48. The maximum Gasteiger partial charge on any atom is 0.407 e. The van der Waals surface area contributed by atoms with Crippen LogP contribution in [0, 0.1) is 16.2 Å². The number of methoxy groups -OCH3 is 1. The molecule has 0 heterocycles. The van der Waals surface area contributed by atoms with Crippen molar-refractivity contribution < 1.29 is 57.1 Å². The number of alkyl carbamates (subject to hydrolysis) is 1. The largest absolute Gasteiger partial charge is 0.543 e. The summed E-state index contributed by atoms with van der Waals surface area (Å²) in [7, 11) is 6.53. The molecule has 15 heteroatoms. The van der Waals surface area contributed by atoms with Gasteiger partial charge < -0.3 is 33.7 Å². The average molecular weight is 710 g/mol. The Morgan fingerprint density at radius 3 is 2.04 bits per heavy atom. The van der Waals surface area contributed by atoms with Crippen LogP contribution in [0.5, 0.6) is 0 Å². The van der Waals surface area contributed by atoms with Crippen molar-refractivity contribution in [3.8, 4) is 0 Å². The normalized spacial score (nSPS) is 15.1. The minimum absolute atomic E-state index is 0.0107. The van der Waals surface area contributed by atoms with Crippen molar-refractivity contribution in [2.24, 2.45) is 16.2 Å². The number of allylic oxidation sites excluding steroid dienone is 4. The van der Waals surface area contributed by atoms with E-state index >= 15 is 0 Å². The number of Topliss-reactive ketones (excluding diaryl/α,β-unsaturated/α-hetero) is 2. The van der Waals surface area contributed by atoms with Gasteiger partial charge in [0.05, 0.1) is 48.5 Å². The van der Waals surface area contributed by atoms with Gasteiger partial charge in [0.25, 0.3) is 5.97 Å². The lowest BCUT2D eigenvalue weighted by Crippen LogP contribution is -2.35. The van der Waals surface area contributed by atoms with Gasteiger partial charge in [-0.1, -0.05) is 20.8 Å². The van der Waals surface area contributed by atoms with Crippen LogP contribution in [0.15, 0.2) is 21.6 Å². The van der Waals surface area contributed by atoms with E-state index in [1.54, 1.807) is 48.7 Å². The van der Waals surface area contributed by atoms with E-state index in [0.717, 1.165) is 11.8 Å². The molecule has 1 unspecified atom stereocenters. The Morgan fingerprint density at radius 1 is 0.796 bits per heavy atom. The maximum absolute atomic E-state index is 13.2. The van der Waals surface area contributed by atoms with Crippen LogP contribution in [0.25, 0.3) is 0 Å². The summed E-state index contributed by atoms with van der Waals surface area (Å²) in [5.41, 5.74) is -1.91. The van der Waals surface area contributed by atoms with Crippen LogP contribution >= 0.6 is 11.8 Å². The predicted molar refractivity (Wildman–Crippen MR) is 183 cm³/mol. The second-order valence-electron chi connectivity index (χ2n) is 13.2. The van der Waals surface area contributed by atoms with Crippen LogP contribution in [0.1, 0.15) is 81.1 Å². The molecule has 1 rings (SSSR count). The molecule has 0 aromatic rings. The highest BCUT2D eigenvalue weighted by Crippen LogP contribution is 2.41. The van der Waals surface area contributed by atoms with Crippen LogP contribution in [0.2, 0.25) is 0 Å². The second kappa shape index (κ2) is 20.5.